The molecule has 1 N–H and O–H groups in total. The monoisotopic (exact) mass is 474 g/mol. The number of hydrogen-bond donors (Lipinski definition) is 1. The summed E-state index contributed by atoms with van der Waals surface area (Å²) in [6.07, 6.45) is 0.678. The number of benzene rings is 1. The van der Waals surface area contributed by atoms with Gasteiger partial charge in [0.15, 0.2) is 17.1 Å². The van der Waals surface area contributed by atoms with Crippen LogP contribution < -0.4 is 10.1 Å². The summed E-state index contributed by atoms with van der Waals surface area (Å²) in [5.74, 6) is 0.871. The number of carbonyl (C=O) groups is 2. The molecule has 2 aromatic heterocycles. The molecule has 170 valence electrons. The molecule has 32 heavy (non-hydrogen) atoms. The minimum atomic E-state index is -0.483. The lowest BCUT2D eigenvalue weighted by molar-refractivity contribution is -0.113. The fourth-order valence-corrected chi connectivity index (χ4v) is 4.64. The number of aromatic nitrogens is 3. The second-order valence-corrected chi connectivity index (χ2v) is 8.69. The average molecular weight is 475 g/mol. The van der Waals surface area contributed by atoms with Crippen LogP contribution >= 0.6 is 23.1 Å². The summed E-state index contributed by atoms with van der Waals surface area (Å²) >= 11 is 2.55. The first-order valence-corrected chi connectivity index (χ1v) is 12.1. The van der Waals surface area contributed by atoms with Gasteiger partial charge in [-0.1, -0.05) is 30.8 Å². The number of ether oxygens (including phenoxy) is 2. The van der Waals surface area contributed by atoms with Crippen LogP contribution in [0.2, 0.25) is 0 Å². The van der Waals surface area contributed by atoms with E-state index in [0.29, 0.717) is 28.1 Å². The molecule has 0 spiro atoms. The summed E-state index contributed by atoms with van der Waals surface area (Å²) < 4.78 is 12.7. The van der Waals surface area contributed by atoms with Crippen LogP contribution in [0.3, 0.4) is 0 Å². The second kappa shape index (κ2) is 11.1. The first kappa shape index (κ1) is 23.8. The summed E-state index contributed by atoms with van der Waals surface area (Å²) in [6.45, 7) is 6.68. The van der Waals surface area contributed by atoms with E-state index in [0.717, 1.165) is 12.2 Å². The Morgan fingerprint density at radius 3 is 2.59 bits per heavy atom. The van der Waals surface area contributed by atoms with Crippen molar-refractivity contribution < 1.29 is 19.1 Å². The molecule has 0 saturated heterocycles. The number of rotatable bonds is 10. The van der Waals surface area contributed by atoms with E-state index < -0.39 is 5.97 Å². The third-order valence-electron chi connectivity index (χ3n) is 4.73. The molecule has 0 saturated carbocycles. The van der Waals surface area contributed by atoms with Gasteiger partial charge >= 0.3 is 5.97 Å². The van der Waals surface area contributed by atoms with E-state index in [2.05, 4.69) is 22.4 Å². The zero-order chi connectivity index (χ0) is 23.1. The van der Waals surface area contributed by atoms with Gasteiger partial charge in [-0.05, 0) is 49.4 Å². The van der Waals surface area contributed by atoms with Crippen molar-refractivity contribution in [3.05, 3.63) is 52.7 Å². The third-order valence-corrected chi connectivity index (χ3v) is 6.52. The summed E-state index contributed by atoms with van der Waals surface area (Å²) in [4.78, 5) is 24.2. The Labute approximate surface area is 195 Å². The molecule has 1 aromatic carbocycles. The smallest absolute Gasteiger partial charge is 0.340 e. The van der Waals surface area contributed by atoms with E-state index in [-0.39, 0.29) is 17.8 Å². The summed E-state index contributed by atoms with van der Waals surface area (Å²) in [5.41, 5.74) is 1.59. The normalized spacial score (nSPS) is 11.8. The van der Waals surface area contributed by atoms with Gasteiger partial charge in [0.1, 0.15) is 10.8 Å². The molecule has 2 heterocycles. The lowest BCUT2D eigenvalue weighted by atomic mass is 10.2. The van der Waals surface area contributed by atoms with E-state index >= 15 is 0 Å². The van der Waals surface area contributed by atoms with Crippen LogP contribution in [0, 0.1) is 0 Å². The van der Waals surface area contributed by atoms with Crippen molar-refractivity contribution in [3.8, 4) is 5.75 Å². The number of carbonyl (C=O) groups excluding carboxylic acids is 2. The number of thiophene rings is 1. The van der Waals surface area contributed by atoms with E-state index in [4.69, 9.17) is 9.47 Å². The molecule has 0 bridgehead atoms. The molecule has 1 amide bonds. The molecule has 0 aliphatic rings. The van der Waals surface area contributed by atoms with Crippen molar-refractivity contribution in [2.24, 2.45) is 0 Å². The minimum absolute atomic E-state index is 0.129. The second-order valence-electron chi connectivity index (χ2n) is 6.83. The number of amides is 1. The molecule has 1 atom stereocenters. The van der Waals surface area contributed by atoms with Gasteiger partial charge in [-0.15, -0.1) is 21.5 Å². The molecule has 0 fully saturated rings. The average Bonchev–Trinajstić information content (AvgIpc) is 3.44. The third kappa shape index (κ3) is 5.68. The van der Waals surface area contributed by atoms with E-state index in [9.17, 15) is 9.59 Å². The first-order chi connectivity index (χ1) is 15.5. The number of aryl methyl sites for hydroxylation is 1. The van der Waals surface area contributed by atoms with Gasteiger partial charge < -0.3 is 19.4 Å². The Kier molecular flexibility index (Phi) is 8.29. The zero-order valence-corrected chi connectivity index (χ0v) is 20.1. The van der Waals surface area contributed by atoms with Gasteiger partial charge in [-0.25, -0.2) is 4.79 Å². The van der Waals surface area contributed by atoms with Crippen molar-refractivity contribution in [2.75, 3.05) is 18.2 Å². The SMILES string of the molecule is CCc1ccc(OC(C)c2nnc(SCC(=O)Nc3sccc3C(=O)OC)n2CC)cc1. The molecule has 3 rings (SSSR count). The van der Waals surface area contributed by atoms with Gasteiger partial charge in [-0.3, -0.25) is 4.79 Å². The predicted molar refractivity (Wildman–Crippen MR) is 126 cm³/mol. The van der Waals surface area contributed by atoms with Crippen LogP contribution in [0.1, 0.15) is 48.6 Å². The lowest BCUT2D eigenvalue weighted by Crippen LogP contribution is -2.16. The topological polar surface area (TPSA) is 95.3 Å². The molecule has 10 heteroatoms. The maximum absolute atomic E-state index is 12.4. The Hall–Kier alpha value is -2.85. The highest BCUT2D eigenvalue weighted by molar-refractivity contribution is 7.99. The van der Waals surface area contributed by atoms with Gasteiger partial charge in [0, 0.05) is 6.54 Å². The fourth-order valence-electron chi connectivity index (χ4n) is 3.03. The summed E-state index contributed by atoms with van der Waals surface area (Å²) in [7, 11) is 1.31. The van der Waals surface area contributed by atoms with Crippen LogP contribution in [-0.2, 0) is 22.5 Å². The largest absolute Gasteiger partial charge is 0.483 e. The molecule has 0 aliphatic heterocycles. The van der Waals surface area contributed by atoms with Crippen molar-refractivity contribution in [1.82, 2.24) is 14.8 Å². The number of nitrogens with one attached hydrogen (secondary N) is 1. The number of methoxy groups -OCH3 is 1. The van der Waals surface area contributed by atoms with E-state index in [1.165, 1.54) is 35.8 Å². The van der Waals surface area contributed by atoms with Crippen LogP contribution in [0.25, 0.3) is 0 Å². The highest BCUT2D eigenvalue weighted by atomic mass is 32.2. The minimum Gasteiger partial charge on any atom is -0.483 e. The molecular weight excluding hydrogens is 448 g/mol. The van der Waals surface area contributed by atoms with Crippen molar-refractivity contribution in [2.45, 2.75) is 45.0 Å². The highest BCUT2D eigenvalue weighted by Gasteiger charge is 2.20. The first-order valence-electron chi connectivity index (χ1n) is 10.2. The van der Waals surface area contributed by atoms with Gasteiger partial charge in [0.25, 0.3) is 0 Å². The molecule has 3 aromatic rings. The van der Waals surface area contributed by atoms with Crippen molar-refractivity contribution in [3.63, 3.8) is 0 Å². The molecular formula is C22H26N4O4S2. The number of esters is 1. The van der Waals surface area contributed by atoms with Gasteiger partial charge in [0.2, 0.25) is 5.91 Å². The number of anilines is 1. The van der Waals surface area contributed by atoms with Crippen molar-refractivity contribution in [1.29, 1.82) is 0 Å². The Bertz CT molecular complexity index is 1060. The van der Waals surface area contributed by atoms with Gasteiger partial charge in [0.05, 0.1) is 18.4 Å². The molecule has 0 aliphatic carbocycles. The van der Waals surface area contributed by atoms with Crippen LogP contribution in [-0.4, -0.2) is 39.5 Å². The standard InChI is InChI=1S/C22H26N4O4S2/c1-5-15-7-9-16(10-8-15)30-14(3)19-24-25-22(26(19)6-2)32-13-18(27)23-20-17(11-12-31-20)21(28)29-4/h7-12,14H,5-6,13H2,1-4H3,(H,23,27). The summed E-state index contributed by atoms with van der Waals surface area (Å²) in [6, 6.07) is 9.62. The maximum Gasteiger partial charge on any atom is 0.340 e. The van der Waals surface area contributed by atoms with E-state index in [1.54, 1.807) is 11.4 Å². The van der Waals surface area contributed by atoms with Crippen LogP contribution in [0.15, 0.2) is 40.9 Å². The number of nitrogens with zero attached hydrogens (tertiary/aromatic N) is 3. The zero-order valence-electron chi connectivity index (χ0n) is 18.5. The highest BCUT2D eigenvalue weighted by Crippen LogP contribution is 2.27. The predicted octanol–water partition coefficient (Wildman–Crippen LogP) is 4.58. The van der Waals surface area contributed by atoms with Crippen LogP contribution in [0.4, 0.5) is 5.00 Å². The quantitative estimate of drug-likeness (QED) is 0.339. The van der Waals surface area contributed by atoms with Crippen molar-refractivity contribution >= 4 is 40.0 Å². The number of thioether (sulfide) groups is 1. The Morgan fingerprint density at radius 2 is 1.94 bits per heavy atom. The lowest BCUT2D eigenvalue weighted by Gasteiger charge is -2.16. The summed E-state index contributed by atoms with van der Waals surface area (Å²) in [5, 5.41) is 14.1. The molecule has 0 radical (unpaired) electrons. The van der Waals surface area contributed by atoms with E-state index in [1.807, 2.05) is 42.7 Å². The Balaban J connectivity index is 1.62. The maximum atomic E-state index is 12.4. The molecule has 8 nitrogen and oxygen atoms in total. The molecule has 1 unspecified atom stereocenters. The number of hydrogen-bond acceptors (Lipinski definition) is 8. The Morgan fingerprint density at radius 1 is 1.19 bits per heavy atom. The fraction of sp³-hybridized carbons (Fsp3) is 0.364. The van der Waals surface area contributed by atoms with Crippen LogP contribution in [0.5, 0.6) is 5.75 Å². The van der Waals surface area contributed by atoms with Gasteiger partial charge in [-0.2, -0.15) is 0 Å².